The average Bonchev–Trinajstić information content (AvgIpc) is 2.61. The number of carbonyl (C=O) groups excluding carboxylic acids is 2. The molecule has 1 fully saturated rings. The van der Waals surface area contributed by atoms with E-state index in [-0.39, 0.29) is 4.90 Å². The van der Waals surface area contributed by atoms with Crippen molar-refractivity contribution in [1.82, 2.24) is 4.31 Å². The molecule has 1 atom stereocenters. The van der Waals surface area contributed by atoms with Gasteiger partial charge in [-0.15, -0.1) is 0 Å². The van der Waals surface area contributed by atoms with Gasteiger partial charge in [0, 0.05) is 19.2 Å². The summed E-state index contributed by atoms with van der Waals surface area (Å²) in [5, 5.41) is 0. The molecule has 0 radical (unpaired) electrons. The fourth-order valence-electron chi connectivity index (χ4n) is 2.12. The number of ether oxygens (including phenoxy) is 2. The van der Waals surface area contributed by atoms with Gasteiger partial charge < -0.3 is 15.2 Å². The van der Waals surface area contributed by atoms with E-state index >= 15 is 0 Å². The largest absolute Gasteiger partial charge is 0.449 e. The Morgan fingerprint density at radius 3 is 2.40 bits per heavy atom. The van der Waals surface area contributed by atoms with Crippen LogP contribution in [0.25, 0.3) is 6.08 Å². The number of nitrogens with zero attached hydrogens (tertiary/aromatic N) is 1. The number of hydrogen-bond acceptors (Lipinski definition) is 6. The van der Waals surface area contributed by atoms with Crippen LogP contribution in [0.2, 0.25) is 0 Å². The van der Waals surface area contributed by atoms with Crippen molar-refractivity contribution in [3.05, 3.63) is 35.9 Å². The van der Waals surface area contributed by atoms with Crippen LogP contribution < -0.4 is 5.73 Å². The number of amides is 1. The van der Waals surface area contributed by atoms with Gasteiger partial charge in [0.15, 0.2) is 6.10 Å². The molecule has 1 aromatic rings. The van der Waals surface area contributed by atoms with E-state index < -0.39 is 28.0 Å². The quantitative estimate of drug-likeness (QED) is 0.564. The number of morpholine rings is 1. The molecule has 9 heteroatoms. The summed E-state index contributed by atoms with van der Waals surface area (Å²) < 4.78 is 36.3. The first-order valence-electron chi connectivity index (χ1n) is 7.66. The summed E-state index contributed by atoms with van der Waals surface area (Å²) in [7, 11) is -3.55. The molecule has 0 saturated carbocycles. The van der Waals surface area contributed by atoms with Gasteiger partial charge in [0.25, 0.3) is 5.91 Å². The standard InChI is InChI=1S/C16H20N2O6S/c1-12(16(17)20)24-15(19)7-4-13-2-5-14(6-3-13)25(21,22)18-8-10-23-11-9-18/h2-7,12H,8-11H2,1H3,(H2,17,20). The number of primary amides is 1. The van der Waals surface area contributed by atoms with Gasteiger partial charge in [-0.3, -0.25) is 4.79 Å². The Balaban J connectivity index is 2.03. The monoisotopic (exact) mass is 368 g/mol. The van der Waals surface area contributed by atoms with Crippen LogP contribution in [0.15, 0.2) is 35.2 Å². The number of nitrogens with two attached hydrogens (primary N) is 1. The third-order valence-electron chi connectivity index (χ3n) is 3.59. The van der Waals surface area contributed by atoms with Gasteiger partial charge in [-0.25, -0.2) is 13.2 Å². The van der Waals surface area contributed by atoms with Crippen molar-refractivity contribution < 1.29 is 27.5 Å². The Hall–Kier alpha value is -2.23. The third-order valence-corrected chi connectivity index (χ3v) is 5.51. The Kier molecular flexibility index (Phi) is 6.29. The molecule has 2 N–H and O–H groups in total. The van der Waals surface area contributed by atoms with Gasteiger partial charge in [0.05, 0.1) is 18.1 Å². The zero-order chi connectivity index (χ0) is 18.4. The predicted octanol–water partition coefficient (Wildman–Crippen LogP) is 0.138. The lowest BCUT2D eigenvalue weighted by molar-refractivity contribution is -0.148. The number of carbonyl (C=O) groups is 2. The molecule has 1 aliphatic heterocycles. The van der Waals surface area contributed by atoms with Crippen LogP contribution in [0.4, 0.5) is 0 Å². The Bertz CT molecular complexity index is 751. The van der Waals surface area contributed by atoms with Gasteiger partial charge in [-0.1, -0.05) is 12.1 Å². The van der Waals surface area contributed by atoms with Crippen molar-refractivity contribution in [1.29, 1.82) is 0 Å². The van der Waals surface area contributed by atoms with E-state index in [1.165, 1.54) is 29.4 Å². The summed E-state index contributed by atoms with van der Waals surface area (Å²) in [4.78, 5) is 22.5. The number of hydrogen-bond donors (Lipinski definition) is 1. The topological polar surface area (TPSA) is 116 Å². The smallest absolute Gasteiger partial charge is 0.331 e. The summed E-state index contributed by atoms with van der Waals surface area (Å²) in [6, 6.07) is 6.10. The zero-order valence-electron chi connectivity index (χ0n) is 13.8. The Morgan fingerprint density at radius 1 is 1.24 bits per heavy atom. The van der Waals surface area contributed by atoms with E-state index in [1.807, 2.05) is 0 Å². The van der Waals surface area contributed by atoms with Gasteiger partial charge in [-0.2, -0.15) is 4.31 Å². The van der Waals surface area contributed by atoms with Crippen molar-refractivity contribution in [2.24, 2.45) is 5.73 Å². The summed E-state index contributed by atoms with van der Waals surface area (Å²) in [6.45, 7) is 2.79. The van der Waals surface area contributed by atoms with Crippen LogP contribution in [-0.4, -0.2) is 57.0 Å². The normalized spacial score (nSPS) is 17.3. The molecule has 1 unspecified atom stereocenters. The van der Waals surface area contributed by atoms with Crippen molar-refractivity contribution in [2.75, 3.05) is 26.3 Å². The van der Waals surface area contributed by atoms with Crippen molar-refractivity contribution in [3.8, 4) is 0 Å². The highest BCUT2D eigenvalue weighted by Crippen LogP contribution is 2.18. The maximum Gasteiger partial charge on any atom is 0.331 e. The molecule has 0 aromatic heterocycles. The predicted molar refractivity (Wildman–Crippen MR) is 89.8 cm³/mol. The SMILES string of the molecule is CC(OC(=O)C=Cc1ccc(S(=O)(=O)N2CCOCC2)cc1)C(N)=O. The first-order chi connectivity index (χ1) is 11.8. The van der Waals surface area contributed by atoms with E-state index in [0.29, 0.717) is 31.9 Å². The van der Waals surface area contributed by atoms with Gasteiger partial charge in [0.1, 0.15) is 0 Å². The summed E-state index contributed by atoms with van der Waals surface area (Å²) in [5.41, 5.74) is 5.62. The van der Waals surface area contributed by atoms with E-state index in [0.717, 1.165) is 6.08 Å². The first kappa shape index (κ1) is 19.1. The van der Waals surface area contributed by atoms with Crippen LogP contribution in [-0.2, 0) is 29.1 Å². The highest BCUT2D eigenvalue weighted by Gasteiger charge is 2.25. The van der Waals surface area contributed by atoms with E-state index in [2.05, 4.69) is 0 Å². The molecule has 8 nitrogen and oxygen atoms in total. The molecule has 1 saturated heterocycles. The molecule has 1 amide bonds. The fourth-order valence-corrected chi connectivity index (χ4v) is 3.53. The second kappa shape index (κ2) is 8.24. The van der Waals surface area contributed by atoms with E-state index in [9.17, 15) is 18.0 Å². The summed E-state index contributed by atoms with van der Waals surface area (Å²) in [5.74, 6) is -1.45. The third kappa shape index (κ3) is 5.12. The minimum absolute atomic E-state index is 0.177. The molecular formula is C16H20N2O6S. The zero-order valence-corrected chi connectivity index (χ0v) is 14.6. The molecule has 0 spiro atoms. The first-order valence-corrected chi connectivity index (χ1v) is 9.10. The number of esters is 1. The Labute approximate surface area is 146 Å². The Morgan fingerprint density at radius 2 is 1.84 bits per heavy atom. The minimum atomic E-state index is -3.55. The van der Waals surface area contributed by atoms with Crippen molar-refractivity contribution in [3.63, 3.8) is 0 Å². The molecule has 25 heavy (non-hydrogen) atoms. The fraction of sp³-hybridized carbons (Fsp3) is 0.375. The minimum Gasteiger partial charge on any atom is -0.449 e. The number of benzene rings is 1. The lowest BCUT2D eigenvalue weighted by Gasteiger charge is -2.26. The molecule has 1 aliphatic rings. The maximum atomic E-state index is 12.5. The van der Waals surface area contributed by atoms with Crippen LogP contribution >= 0.6 is 0 Å². The molecule has 1 heterocycles. The second-order valence-electron chi connectivity index (χ2n) is 5.40. The lowest BCUT2D eigenvalue weighted by Crippen LogP contribution is -2.40. The maximum absolute atomic E-state index is 12.5. The van der Waals surface area contributed by atoms with E-state index in [4.69, 9.17) is 15.2 Å². The molecule has 0 bridgehead atoms. The number of rotatable bonds is 6. The van der Waals surface area contributed by atoms with Crippen LogP contribution in [0.1, 0.15) is 12.5 Å². The van der Waals surface area contributed by atoms with E-state index in [1.54, 1.807) is 12.1 Å². The second-order valence-corrected chi connectivity index (χ2v) is 7.34. The molecule has 2 rings (SSSR count). The van der Waals surface area contributed by atoms with Crippen LogP contribution in [0.3, 0.4) is 0 Å². The van der Waals surface area contributed by atoms with Gasteiger partial charge >= 0.3 is 5.97 Å². The van der Waals surface area contributed by atoms with Gasteiger partial charge in [-0.05, 0) is 30.7 Å². The molecule has 0 aliphatic carbocycles. The number of sulfonamides is 1. The summed E-state index contributed by atoms with van der Waals surface area (Å²) >= 11 is 0. The highest BCUT2D eigenvalue weighted by molar-refractivity contribution is 7.89. The van der Waals surface area contributed by atoms with Crippen LogP contribution in [0.5, 0.6) is 0 Å². The van der Waals surface area contributed by atoms with Crippen molar-refractivity contribution >= 4 is 28.0 Å². The van der Waals surface area contributed by atoms with Crippen LogP contribution in [0, 0.1) is 0 Å². The highest BCUT2D eigenvalue weighted by atomic mass is 32.2. The van der Waals surface area contributed by atoms with Crippen molar-refractivity contribution in [2.45, 2.75) is 17.9 Å². The van der Waals surface area contributed by atoms with Gasteiger partial charge in [0.2, 0.25) is 10.0 Å². The summed E-state index contributed by atoms with van der Waals surface area (Å²) in [6.07, 6.45) is 1.59. The molecule has 136 valence electrons. The lowest BCUT2D eigenvalue weighted by atomic mass is 10.2. The molecular weight excluding hydrogens is 348 g/mol. The molecule has 1 aromatic carbocycles. The average molecular weight is 368 g/mol.